The van der Waals surface area contributed by atoms with Gasteiger partial charge >= 0.3 is 0 Å². The lowest BCUT2D eigenvalue weighted by Gasteiger charge is -2.07. The number of imidazole rings is 1. The monoisotopic (exact) mass is 319 g/mol. The van der Waals surface area contributed by atoms with Gasteiger partial charge in [-0.25, -0.2) is 9.37 Å². The van der Waals surface area contributed by atoms with Crippen LogP contribution in [-0.4, -0.2) is 9.55 Å². The number of benzene rings is 2. The van der Waals surface area contributed by atoms with Gasteiger partial charge in [0.2, 0.25) is 5.95 Å². The van der Waals surface area contributed by atoms with Crippen LogP contribution in [0, 0.1) is 12.7 Å². The third-order valence-electron chi connectivity index (χ3n) is 3.07. The fourth-order valence-corrected chi connectivity index (χ4v) is 2.52. The maximum atomic E-state index is 13.3. The summed E-state index contributed by atoms with van der Waals surface area (Å²) in [6, 6.07) is 10.7. The van der Waals surface area contributed by atoms with Crippen LogP contribution >= 0.6 is 15.9 Å². The first-order valence-corrected chi connectivity index (χ1v) is 6.56. The molecule has 5 heteroatoms. The van der Waals surface area contributed by atoms with Crippen LogP contribution < -0.4 is 5.73 Å². The number of nitrogens with zero attached hydrogens (tertiary/aromatic N) is 2. The van der Waals surface area contributed by atoms with E-state index >= 15 is 0 Å². The summed E-state index contributed by atoms with van der Waals surface area (Å²) in [6.45, 7) is 1.99. The van der Waals surface area contributed by atoms with Gasteiger partial charge in [-0.15, -0.1) is 0 Å². The van der Waals surface area contributed by atoms with Gasteiger partial charge in [0, 0.05) is 0 Å². The van der Waals surface area contributed by atoms with Crippen molar-refractivity contribution in [1.82, 2.24) is 9.55 Å². The topological polar surface area (TPSA) is 43.8 Å². The Morgan fingerprint density at radius 3 is 2.79 bits per heavy atom. The molecule has 0 atom stereocenters. The minimum Gasteiger partial charge on any atom is -0.369 e. The molecule has 0 radical (unpaired) electrons. The van der Waals surface area contributed by atoms with E-state index in [1.165, 1.54) is 6.07 Å². The molecule has 0 unspecified atom stereocenters. The quantitative estimate of drug-likeness (QED) is 0.741. The summed E-state index contributed by atoms with van der Waals surface area (Å²) in [7, 11) is 0. The van der Waals surface area contributed by atoms with Crippen LogP contribution in [0.15, 0.2) is 40.9 Å². The lowest BCUT2D eigenvalue weighted by Crippen LogP contribution is -2.00. The number of nitrogens with two attached hydrogens (primary N) is 1. The molecule has 3 rings (SSSR count). The van der Waals surface area contributed by atoms with Gasteiger partial charge in [-0.05, 0) is 52.7 Å². The standard InChI is InChI=1S/C14H11BrFN3/c1-8-3-2-4-12-13(8)18-14(17)19(12)9-5-6-11(16)10(15)7-9/h2-7H,1H3,(H2,17,18). The second-order valence-electron chi connectivity index (χ2n) is 4.35. The highest BCUT2D eigenvalue weighted by Gasteiger charge is 2.12. The largest absolute Gasteiger partial charge is 0.369 e. The van der Waals surface area contributed by atoms with Crippen LogP contribution in [0.25, 0.3) is 16.7 Å². The van der Waals surface area contributed by atoms with E-state index in [0.29, 0.717) is 10.4 Å². The predicted octanol–water partition coefficient (Wildman–Crippen LogP) is 3.82. The molecule has 1 heterocycles. The van der Waals surface area contributed by atoms with Gasteiger partial charge in [0.15, 0.2) is 0 Å². The van der Waals surface area contributed by atoms with E-state index in [-0.39, 0.29) is 5.82 Å². The first kappa shape index (κ1) is 12.2. The summed E-state index contributed by atoms with van der Waals surface area (Å²) in [5, 5.41) is 0. The normalized spacial score (nSPS) is 11.1. The molecule has 2 aromatic carbocycles. The molecule has 0 aliphatic heterocycles. The van der Waals surface area contributed by atoms with Crippen LogP contribution in [0.3, 0.4) is 0 Å². The van der Waals surface area contributed by atoms with Crippen molar-refractivity contribution < 1.29 is 4.39 Å². The highest BCUT2D eigenvalue weighted by molar-refractivity contribution is 9.10. The number of halogens is 2. The molecule has 1 aromatic heterocycles. The Hall–Kier alpha value is -1.88. The lowest BCUT2D eigenvalue weighted by atomic mass is 10.2. The molecule has 96 valence electrons. The fourth-order valence-electron chi connectivity index (χ4n) is 2.15. The lowest BCUT2D eigenvalue weighted by molar-refractivity contribution is 0.620. The molecule has 0 bridgehead atoms. The zero-order valence-corrected chi connectivity index (χ0v) is 11.8. The molecule has 0 amide bonds. The number of para-hydroxylation sites is 1. The molecule has 19 heavy (non-hydrogen) atoms. The van der Waals surface area contributed by atoms with Gasteiger partial charge < -0.3 is 5.73 Å². The maximum absolute atomic E-state index is 13.3. The highest BCUT2D eigenvalue weighted by Crippen LogP contribution is 2.27. The van der Waals surface area contributed by atoms with Gasteiger partial charge in [0.05, 0.1) is 21.2 Å². The molecule has 0 aliphatic carbocycles. The molecule has 2 N–H and O–H groups in total. The van der Waals surface area contributed by atoms with Gasteiger partial charge in [0.25, 0.3) is 0 Å². The van der Waals surface area contributed by atoms with Crippen LogP contribution in [0.1, 0.15) is 5.56 Å². The van der Waals surface area contributed by atoms with Gasteiger partial charge in [-0.2, -0.15) is 0 Å². The number of nitrogen functional groups attached to an aromatic ring is 1. The molecule has 0 aliphatic rings. The molecule has 3 aromatic rings. The summed E-state index contributed by atoms with van der Waals surface area (Å²) in [6.07, 6.45) is 0. The molecular weight excluding hydrogens is 309 g/mol. The Kier molecular flexibility index (Phi) is 2.78. The van der Waals surface area contributed by atoms with Crippen LogP contribution in [0.5, 0.6) is 0 Å². The summed E-state index contributed by atoms with van der Waals surface area (Å²) in [5.74, 6) is 0.0886. The molecular formula is C14H11BrFN3. The Morgan fingerprint density at radius 1 is 1.26 bits per heavy atom. The number of fused-ring (bicyclic) bond motifs is 1. The Morgan fingerprint density at radius 2 is 2.05 bits per heavy atom. The SMILES string of the molecule is Cc1cccc2c1nc(N)n2-c1ccc(F)c(Br)c1. The summed E-state index contributed by atoms with van der Waals surface area (Å²) in [4.78, 5) is 4.37. The van der Waals surface area contributed by atoms with Crippen LogP contribution in [0.4, 0.5) is 10.3 Å². The van der Waals surface area contributed by atoms with E-state index < -0.39 is 0 Å². The zero-order valence-electron chi connectivity index (χ0n) is 10.2. The van der Waals surface area contributed by atoms with Crippen molar-refractivity contribution in [2.24, 2.45) is 0 Å². The number of aryl methyl sites for hydroxylation is 1. The number of anilines is 1. The third-order valence-corrected chi connectivity index (χ3v) is 3.68. The first-order valence-electron chi connectivity index (χ1n) is 5.77. The summed E-state index contributed by atoms with van der Waals surface area (Å²) < 4.78 is 15.5. The number of hydrogen-bond acceptors (Lipinski definition) is 2. The van der Waals surface area contributed by atoms with Crippen molar-refractivity contribution in [1.29, 1.82) is 0 Å². The van der Waals surface area contributed by atoms with Crippen molar-refractivity contribution >= 4 is 32.9 Å². The first-order chi connectivity index (χ1) is 9.08. The van der Waals surface area contributed by atoms with E-state index in [4.69, 9.17) is 5.73 Å². The maximum Gasteiger partial charge on any atom is 0.205 e. The van der Waals surface area contributed by atoms with Gasteiger partial charge in [-0.3, -0.25) is 4.57 Å². The van der Waals surface area contributed by atoms with Crippen molar-refractivity contribution in [2.75, 3.05) is 5.73 Å². The van der Waals surface area contributed by atoms with E-state index in [1.807, 2.05) is 29.7 Å². The summed E-state index contributed by atoms with van der Waals surface area (Å²) in [5.41, 5.74) is 9.60. The second-order valence-corrected chi connectivity index (χ2v) is 5.20. The fraction of sp³-hybridized carbons (Fsp3) is 0.0714. The number of hydrogen-bond donors (Lipinski definition) is 1. The van der Waals surface area contributed by atoms with Crippen LogP contribution in [-0.2, 0) is 0 Å². The third kappa shape index (κ3) is 1.90. The average molecular weight is 320 g/mol. The predicted molar refractivity (Wildman–Crippen MR) is 77.9 cm³/mol. The van der Waals surface area contributed by atoms with Crippen LogP contribution in [0.2, 0.25) is 0 Å². The second kappa shape index (κ2) is 4.35. The van der Waals surface area contributed by atoms with Crippen molar-refractivity contribution in [3.05, 3.63) is 52.3 Å². The Balaban J connectivity index is 2.33. The van der Waals surface area contributed by atoms with Gasteiger partial charge in [0.1, 0.15) is 5.82 Å². The minimum atomic E-state index is -0.303. The van der Waals surface area contributed by atoms with Crippen molar-refractivity contribution in [3.63, 3.8) is 0 Å². The molecule has 3 nitrogen and oxygen atoms in total. The molecule has 0 spiro atoms. The molecule has 0 saturated heterocycles. The van der Waals surface area contributed by atoms with E-state index in [1.54, 1.807) is 12.1 Å². The zero-order chi connectivity index (χ0) is 13.6. The smallest absolute Gasteiger partial charge is 0.205 e. The Labute approximate surface area is 118 Å². The number of aromatic nitrogens is 2. The molecule has 0 saturated carbocycles. The van der Waals surface area contributed by atoms with Crippen molar-refractivity contribution in [2.45, 2.75) is 6.92 Å². The van der Waals surface area contributed by atoms with E-state index in [9.17, 15) is 4.39 Å². The Bertz CT molecular complexity index is 780. The highest BCUT2D eigenvalue weighted by atomic mass is 79.9. The van der Waals surface area contributed by atoms with E-state index in [2.05, 4.69) is 20.9 Å². The number of rotatable bonds is 1. The minimum absolute atomic E-state index is 0.303. The summed E-state index contributed by atoms with van der Waals surface area (Å²) >= 11 is 3.19. The molecule has 0 fully saturated rings. The average Bonchev–Trinajstić information content (AvgIpc) is 2.71. The van der Waals surface area contributed by atoms with Gasteiger partial charge in [-0.1, -0.05) is 12.1 Å². The van der Waals surface area contributed by atoms with Crippen molar-refractivity contribution in [3.8, 4) is 5.69 Å². The van der Waals surface area contributed by atoms with E-state index in [0.717, 1.165) is 22.3 Å².